The zero-order valence-electron chi connectivity index (χ0n) is 12.2. The van der Waals surface area contributed by atoms with Gasteiger partial charge in [0.2, 0.25) is 5.91 Å². The summed E-state index contributed by atoms with van der Waals surface area (Å²) >= 11 is 3.14. The fraction of sp³-hybridized carbons (Fsp3) is 0.467. The summed E-state index contributed by atoms with van der Waals surface area (Å²) in [7, 11) is 0. The maximum absolute atomic E-state index is 12.0. The molecule has 0 aliphatic carbocycles. The molecule has 0 bridgehead atoms. The Morgan fingerprint density at radius 2 is 1.95 bits per heavy atom. The Bertz CT molecular complexity index is 506. The number of nitrogens with one attached hydrogen (secondary N) is 1. The van der Waals surface area contributed by atoms with Crippen LogP contribution in [0, 0.1) is 5.41 Å². The lowest BCUT2D eigenvalue weighted by Crippen LogP contribution is -2.27. The summed E-state index contributed by atoms with van der Waals surface area (Å²) in [5, 5.41) is 3.09. The smallest absolute Gasteiger partial charge is 0.229 e. The first kappa shape index (κ1) is 16.7. The number of alkyl halides is 1. The number of carbonyl (C=O) groups is 2. The highest BCUT2D eigenvalue weighted by atomic mass is 79.9. The van der Waals surface area contributed by atoms with Gasteiger partial charge >= 0.3 is 0 Å². The van der Waals surface area contributed by atoms with E-state index in [0.29, 0.717) is 23.6 Å². The van der Waals surface area contributed by atoms with Crippen LogP contribution >= 0.6 is 15.9 Å². The number of hydrogen-bond donors (Lipinski definition) is 1. The van der Waals surface area contributed by atoms with E-state index in [1.165, 1.54) is 0 Å². The molecule has 0 saturated heterocycles. The molecule has 0 radical (unpaired) electrons. The first-order valence-corrected chi connectivity index (χ1v) is 7.59. The molecule has 1 aromatic carbocycles. The molecule has 1 amide bonds. The Balaban J connectivity index is 3.07. The van der Waals surface area contributed by atoms with E-state index >= 15 is 0 Å². The van der Waals surface area contributed by atoms with Gasteiger partial charge in [-0.3, -0.25) is 9.59 Å². The van der Waals surface area contributed by atoms with E-state index in [-0.39, 0.29) is 17.0 Å². The first-order valence-electron chi connectivity index (χ1n) is 6.47. The van der Waals surface area contributed by atoms with Crippen molar-refractivity contribution in [3.05, 3.63) is 23.8 Å². The van der Waals surface area contributed by atoms with E-state index in [0.717, 1.165) is 0 Å². The molecule has 110 valence electrons. The van der Waals surface area contributed by atoms with Gasteiger partial charge in [-0.1, -0.05) is 36.7 Å². The third-order valence-corrected chi connectivity index (χ3v) is 3.16. The second-order valence-electron chi connectivity index (χ2n) is 5.40. The van der Waals surface area contributed by atoms with Gasteiger partial charge in [-0.25, -0.2) is 0 Å². The van der Waals surface area contributed by atoms with E-state index < -0.39 is 5.41 Å². The second-order valence-corrected chi connectivity index (χ2v) is 5.97. The Kier molecular flexibility index (Phi) is 5.74. The number of rotatable bonds is 5. The molecular weight excluding hydrogens is 322 g/mol. The fourth-order valence-corrected chi connectivity index (χ4v) is 1.78. The average Bonchev–Trinajstić information content (AvgIpc) is 2.38. The summed E-state index contributed by atoms with van der Waals surface area (Å²) in [6.07, 6.45) is 0. The van der Waals surface area contributed by atoms with Crippen LogP contribution in [-0.4, -0.2) is 23.6 Å². The summed E-state index contributed by atoms with van der Waals surface area (Å²) in [6, 6.07) is 5.04. The molecule has 0 saturated carbocycles. The highest BCUT2D eigenvalue weighted by Gasteiger charge is 2.22. The number of ether oxygens (including phenoxy) is 1. The van der Waals surface area contributed by atoms with Crippen molar-refractivity contribution in [3.63, 3.8) is 0 Å². The number of hydrogen-bond acceptors (Lipinski definition) is 3. The minimum atomic E-state index is -0.492. The van der Waals surface area contributed by atoms with Crippen molar-refractivity contribution in [2.24, 2.45) is 5.41 Å². The van der Waals surface area contributed by atoms with Crippen LogP contribution in [0.3, 0.4) is 0 Å². The standard InChI is InChI=1S/C15H20BrNO3/c1-5-20-13-8-10(12(18)9-16)6-7-11(13)17-14(19)15(2,3)4/h6-8H,5,9H2,1-4H3,(H,17,19). The van der Waals surface area contributed by atoms with Crippen LogP contribution in [0.2, 0.25) is 0 Å². The van der Waals surface area contributed by atoms with Crippen LogP contribution in [0.15, 0.2) is 18.2 Å². The zero-order chi connectivity index (χ0) is 15.3. The third-order valence-electron chi connectivity index (χ3n) is 2.65. The maximum atomic E-state index is 12.0. The van der Waals surface area contributed by atoms with Gasteiger partial charge < -0.3 is 10.1 Å². The molecule has 1 N–H and O–H groups in total. The van der Waals surface area contributed by atoms with Crippen molar-refractivity contribution in [1.29, 1.82) is 0 Å². The number of benzene rings is 1. The van der Waals surface area contributed by atoms with E-state index in [2.05, 4.69) is 21.2 Å². The molecule has 5 heteroatoms. The topological polar surface area (TPSA) is 55.4 Å². The molecule has 0 aromatic heterocycles. The summed E-state index contributed by atoms with van der Waals surface area (Å²) in [5.41, 5.74) is 0.644. The van der Waals surface area contributed by atoms with Gasteiger partial charge in [-0.2, -0.15) is 0 Å². The maximum Gasteiger partial charge on any atom is 0.229 e. The van der Waals surface area contributed by atoms with Crippen LogP contribution in [0.5, 0.6) is 5.75 Å². The quantitative estimate of drug-likeness (QED) is 0.656. The van der Waals surface area contributed by atoms with Crippen molar-refractivity contribution in [2.75, 3.05) is 17.3 Å². The van der Waals surface area contributed by atoms with E-state index in [1.54, 1.807) is 18.2 Å². The third kappa shape index (κ3) is 4.34. The number of halogens is 1. The molecule has 1 rings (SSSR count). The molecule has 0 aliphatic rings. The molecule has 4 nitrogen and oxygen atoms in total. The summed E-state index contributed by atoms with van der Waals surface area (Å²) in [6.45, 7) is 7.83. The van der Waals surface area contributed by atoms with Crippen LogP contribution in [0.25, 0.3) is 0 Å². The van der Waals surface area contributed by atoms with E-state index in [4.69, 9.17) is 4.74 Å². The first-order chi connectivity index (χ1) is 9.29. The predicted octanol–water partition coefficient (Wildman–Crippen LogP) is 3.65. The van der Waals surface area contributed by atoms with Gasteiger partial charge in [0.25, 0.3) is 0 Å². The molecule has 0 unspecified atom stereocenters. The van der Waals surface area contributed by atoms with Crippen LogP contribution in [0.1, 0.15) is 38.1 Å². The van der Waals surface area contributed by atoms with Crippen molar-refractivity contribution < 1.29 is 14.3 Å². The Labute approximate surface area is 128 Å². The van der Waals surface area contributed by atoms with Crippen molar-refractivity contribution in [2.45, 2.75) is 27.7 Å². The molecule has 0 spiro atoms. The summed E-state index contributed by atoms with van der Waals surface area (Å²) in [4.78, 5) is 23.7. The molecule has 1 aromatic rings. The largest absolute Gasteiger partial charge is 0.492 e. The summed E-state index contributed by atoms with van der Waals surface area (Å²) in [5.74, 6) is 0.384. The monoisotopic (exact) mass is 341 g/mol. The number of anilines is 1. The fourth-order valence-electron chi connectivity index (χ4n) is 1.46. The van der Waals surface area contributed by atoms with Gasteiger partial charge in [0.15, 0.2) is 5.78 Å². The van der Waals surface area contributed by atoms with Gasteiger partial charge in [0.05, 0.1) is 17.6 Å². The number of ketones is 1. The molecule has 0 aliphatic heterocycles. The molecule has 0 fully saturated rings. The predicted molar refractivity (Wildman–Crippen MR) is 83.8 cm³/mol. The van der Waals surface area contributed by atoms with E-state index in [9.17, 15) is 9.59 Å². The van der Waals surface area contributed by atoms with Gasteiger partial charge in [0, 0.05) is 11.0 Å². The lowest BCUT2D eigenvalue weighted by Gasteiger charge is -2.19. The number of carbonyl (C=O) groups excluding carboxylic acids is 2. The molecular formula is C15H20BrNO3. The van der Waals surface area contributed by atoms with Crippen LogP contribution < -0.4 is 10.1 Å². The van der Waals surface area contributed by atoms with Crippen molar-refractivity contribution >= 4 is 33.3 Å². The Hall–Kier alpha value is -1.36. The molecule has 20 heavy (non-hydrogen) atoms. The Morgan fingerprint density at radius 3 is 2.45 bits per heavy atom. The lowest BCUT2D eigenvalue weighted by atomic mass is 9.95. The Morgan fingerprint density at radius 1 is 1.30 bits per heavy atom. The number of Topliss-reactive ketones (excluding diaryl/α,β-unsaturated/α-hetero) is 1. The van der Waals surface area contributed by atoms with Gasteiger partial charge in [-0.05, 0) is 25.1 Å². The van der Waals surface area contributed by atoms with Crippen LogP contribution in [0.4, 0.5) is 5.69 Å². The van der Waals surface area contributed by atoms with Gasteiger partial charge in [0.1, 0.15) is 5.75 Å². The lowest BCUT2D eigenvalue weighted by molar-refractivity contribution is -0.123. The van der Waals surface area contributed by atoms with Gasteiger partial charge in [-0.15, -0.1) is 0 Å². The highest BCUT2D eigenvalue weighted by molar-refractivity contribution is 9.09. The number of amides is 1. The van der Waals surface area contributed by atoms with Crippen molar-refractivity contribution in [3.8, 4) is 5.75 Å². The SMILES string of the molecule is CCOc1cc(C(=O)CBr)ccc1NC(=O)C(C)(C)C. The average molecular weight is 342 g/mol. The van der Waals surface area contributed by atoms with E-state index in [1.807, 2.05) is 27.7 Å². The summed E-state index contributed by atoms with van der Waals surface area (Å²) < 4.78 is 5.50. The highest BCUT2D eigenvalue weighted by Crippen LogP contribution is 2.28. The normalized spacial score (nSPS) is 11.1. The minimum absolute atomic E-state index is 0.0281. The zero-order valence-corrected chi connectivity index (χ0v) is 13.8. The minimum Gasteiger partial charge on any atom is -0.492 e. The molecule has 0 atom stereocenters. The van der Waals surface area contributed by atoms with Crippen molar-refractivity contribution in [1.82, 2.24) is 0 Å². The van der Waals surface area contributed by atoms with Crippen LogP contribution in [-0.2, 0) is 4.79 Å². The molecule has 0 heterocycles. The second kappa shape index (κ2) is 6.88.